The minimum Gasteiger partial charge on any atom is -0.462 e. The van der Waals surface area contributed by atoms with E-state index in [9.17, 15) is 14.4 Å². The van der Waals surface area contributed by atoms with Gasteiger partial charge in [-0.05, 0) is 64.2 Å². The fourth-order valence-electron chi connectivity index (χ4n) is 9.30. The molecule has 0 aliphatic carbocycles. The van der Waals surface area contributed by atoms with Gasteiger partial charge < -0.3 is 14.2 Å². The average molecular weight is 1020 g/mol. The van der Waals surface area contributed by atoms with Crippen molar-refractivity contribution < 1.29 is 28.6 Å². The smallest absolute Gasteiger partial charge is 0.306 e. The summed E-state index contributed by atoms with van der Waals surface area (Å²) in [5.41, 5.74) is 0. The van der Waals surface area contributed by atoms with Crippen molar-refractivity contribution in [3.05, 3.63) is 60.8 Å². The number of ether oxygens (including phenoxy) is 3. The lowest BCUT2D eigenvalue weighted by Gasteiger charge is -2.18. The third-order valence-corrected chi connectivity index (χ3v) is 14.0. The first kappa shape index (κ1) is 70.1. The summed E-state index contributed by atoms with van der Waals surface area (Å²) in [4.78, 5) is 37.9. The molecule has 0 rings (SSSR count). The van der Waals surface area contributed by atoms with Gasteiger partial charge in [0.25, 0.3) is 0 Å². The van der Waals surface area contributed by atoms with Crippen molar-refractivity contribution in [1.29, 1.82) is 0 Å². The lowest BCUT2D eigenvalue weighted by atomic mass is 10.0. The molecule has 0 N–H and O–H groups in total. The van der Waals surface area contributed by atoms with Gasteiger partial charge >= 0.3 is 17.9 Å². The van der Waals surface area contributed by atoms with Crippen molar-refractivity contribution in [2.24, 2.45) is 0 Å². The highest BCUT2D eigenvalue weighted by atomic mass is 16.6. The fourth-order valence-corrected chi connectivity index (χ4v) is 9.30. The topological polar surface area (TPSA) is 78.9 Å². The van der Waals surface area contributed by atoms with Crippen LogP contribution in [0, 0.1) is 0 Å². The van der Waals surface area contributed by atoms with Gasteiger partial charge in [0.2, 0.25) is 0 Å². The van der Waals surface area contributed by atoms with E-state index in [1.54, 1.807) is 0 Å². The van der Waals surface area contributed by atoms with Crippen LogP contribution in [0.2, 0.25) is 0 Å². The highest BCUT2D eigenvalue weighted by molar-refractivity contribution is 5.71. The van der Waals surface area contributed by atoms with E-state index in [2.05, 4.69) is 81.5 Å². The molecular formula is C67H120O6. The maximum atomic E-state index is 12.8. The van der Waals surface area contributed by atoms with E-state index in [-0.39, 0.29) is 31.1 Å². The third kappa shape index (κ3) is 59.9. The van der Waals surface area contributed by atoms with Crippen LogP contribution in [0.25, 0.3) is 0 Å². The number of rotatable bonds is 58. The summed E-state index contributed by atoms with van der Waals surface area (Å²) < 4.78 is 16.8. The molecule has 6 heteroatoms. The van der Waals surface area contributed by atoms with E-state index >= 15 is 0 Å². The van der Waals surface area contributed by atoms with Crippen molar-refractivity contribution in [2.45, 2.75) is 335 Å². The molecule has 0 aliphatic rings. The number of carbonyl (C=O) groups excluding carboxylic acids is 3. The standard InChI is InChI=1S/C67H120O6/c1-4-7-10-13-15-17-19-21-23-25-27-28-29-30-31-32-33-34-35-36-37-38-40-41-43-45-47-49-51-54-57-60-66(69)72-63-64(62-71-65(68)59-56-53-12-9-6-3)73-67(70)61-58-55-52-50-48-46-44-42-39-26-24-22-20-18-16-14-11-8-5-2/h7,10,15,17,21,23,27-28,30-31,64H,4-6,8-9,11-14,16,18-20,22,24-26,29,32-63H2,1-3H3/b10-7-,17-15-,23-21-,28-27-,31-30-. The molecule has 0 saturated heterocycles. The predicted molar refractivity (Wildman–Crippen MR) is 316 cm³/mol. The Labute approximate surface area is 453 Å². The van der Waals surface area contributed by atoms with Gasteiger partial charge in [-0.2, -0.15) is 0 Å². The van der Waals surface area contributed by atoms with E-state index in [1.165, 1.54) is 193 Å². The van der Waals surface area contributed by atoms with Crippen LogP contribution in [0.15, 0.2) is 60.8 Å². The van der Waals surface area contributed by atoms with E-state index in [1.807, 2.05) is 0 Å². The summed E-state index contributed by atoms with van der Waals surface area (Å²) in [7, 11) is 0. The molecule has 6 nitrogen and oxygen atoms in total. The zero-order valence-corrected chi connectivity index (χ0v) is 48.7. The summed E-state index contributed by atoms with van der Waals surface area (Å²) in [6.07, 6.45) is 78.5. The monoisotopic (exact) mass is 1020 g/mol. The SMILES string of the molecule is CC/C=C\C/C=C\C/C=C\C/C=C\C/C=C\CCCCCCCCCCCCCCCCCC(=O)OCC(COC(=O)CCCCCCC)OC(=O)CCCCCCCCCCCCCCCCCCCCC. The summed E-state index contributed by atoms with van der Waals surface area (Å²) in [6.45, 7) is 6.49. The highest BCUT2D eigenvalue weighted by Crippen LogP contribution is 2.17. The van der Waals surface area contributed by atoms with Crippen molar-refractivity contribution in [1.82, 2.24) is 0 Å². The molecule has 0 aromatic rings. The predicted octanol–water partition coefficient (Wildman–Crippen LogP) is 21.6. The number of allylic oxidation sites excluding steroid dienone is 10. The molecule has 0 saturated carbocycles. The molecule has 0 aromatic heterocycles. The normalized spacial score (nSPS) is 12.4. The number of unbranched alkanes of at least 4 members (excludes halogenated alkanes) is 37. The third-order valence-electron chi connectivity index (χ3n) is 14.0. The van der Waals surface area contributed by atoms with Crippen molar-refractivity contribution in [2.75, 3.05) is 13.2 Å². The van der Waals surface area contributed by atoms with E-state index in [4.69, 9.17) is 14.2 Å². The second kappa shape index (κ2) is 61.7. The maximum Gasteiger partial charge on any atom is 0.306 e. The van der Waals surface area contributed by atoms with Crippen LogP contribution in [0.4, 0.5) is 0 Å². The zero-order chi connectivity index (χ0) is 52.9. The van der Waals surface area contributed by atoms with Crippen molar-refractivity contribution >= 4 is 17.9 Å². The molecule has 0 spiro atoms. The molecular weight excluding hydrogens is 901 g/mol. The van der Waals surface area contributed by atoms with Gasteiger partial charge in [0.15, 0.2) is 6.10 Å². The Morgan fingerprint density at radius 3 is 0.836 bits per heavy atom. The Morgan fingerprint density at radius 1 is 0.288 bits per heavy atom. The van der Waals surface area contributed by atoms with Gasteiger partial charge in [-0.15, -0.1) is 0 Å². The molecule has 0 heterocycles. The molecule has 0 aromatic carbocycles. The Hall–Kier alpha value is -2.89. The Morgan fingerprint density at radius 2 is 0.534 bits per heavy atom. The minimum absolute atomic E-state index is 0.0695. The molecule has 0 amide bonds. The van der Waals surface area contributed by atoms with Crippen LogP contribution in [-0.4, -0.2) is 37.2 Å². The highest BCUT2D eigenvalue weighted by Gasteiger charge is 2.19. The summed E-state index contributed by atoms with van der Waals surface area (Å²) in [6, 6.07) is 0. The number of carbonyl (C=O) groups is 3. The largest absolute Gasteiger partial charge is 0.462 e. The quantitative estimate of drug-likeness (QED) is 0.0261. The second-order valence-electron chi connectivity index (χ2n) is 21.3. The van der Waals surface area contributed by atoms with Gasteiger partial charge in [0, 0.05) is 19.3 Å². The van der Waals surface area contributed by atoms with Crippen LogP contribution in [0.3, 0.4) is 0 Å². The fraction of sp³-hybridized carbons (Fsp3) is 0.806. The van der Waals surface area contributed by atoms with Crippen LogP contribution >= 0.6 is 0 Å². The average Bonchev–Trinajstić information content (AvgIpc) is 3.39. The van der Waals surface area contributed by atoms with Crippen LogP contribution in [0.5, 0.6) is 0 Å². The second-order valence-corrected chi connectivity index (χ2v) is 21.3. The molecule has 0 bridgehead atoms. The number of hydrogen-bond donors (Lipinski definition) is 0. The summed E-state index contributed by atoms with van der Waals surface area (Å²) in [5, 5.41) is 0. The van der Waals surface area contributed by atoms with Gasteiger partial charge in [0.05, 0.1) is 0 Å². The molecule has 1 atom stereocenters. The Kier molecular flexibility index (Phi) is 59.2. The molecule has 0 radical (unpaired) electrons. The summed E-state index contributed by atoms with van der Waals surface area (Å²) >= 11 is 0. The Balaban J connectivity index is 3.97. The van der Waals surface area contributed by atoms with Gasteiger partial charge in [-0.3, -0.25) is 14.4 Å². The molecule has 424 valence electrons. The minimum atomic E-state index is -0.767. The van der Waals surface area contributed by atoms with Crippen LogP contribution < -0.4 is 0 Å². The van der Waals surface area contributed by atoms with Crippen LogP contribution in [-0.2, 0) is 28.6 Å². The summed E-state index contributed by atoms with van der Waals surface area (Å²) in [5.74, 6) is -0.865. The first-order valence-electron chi connectivity index (χ1n) is 31.8. The zero-order valence-electron chi connectivity index (χ0n) is 48.7. The first-order chi connectivity index (χ1) is 36.0. The molecule has 0 aliphatic heterocycles. The van der Waals surface area contributed by atoms with E-state index in [0.717, 1.165) is 96.3 Å². The van der Waals surface area contributed by atoms with Gasteiger partial charge in [0.1, 0.15) is 13.2 Å². The Bertz CT molecular complexity index is 1310. The molecule has 73 heavy (non-hydrogen) atoms. The lowest BCUT2D eigenvalue weighted by molar-refractivity contribution is -0.167. The van der Waals surface area contributed by atoms with Crippen molar-refractivity contribution in [3.63, 3.8) is 0 Å². The van der Waals surface area contributed by atoms with E-state index < -0.39 is 6.10 Å². The number of esters is 3. The van der Waals surface area contributed by atoms with Crippen molar-refractivity contribution in [3.8, 4) is 0 Å². The van der Waals surface area contributed by atoms with E-state index in [0.29, 0.717) is 19.3 Å². The van der Waals surface area contributed by atoms with Crippen LogP contribution in [0.1, 0.15) is 329 Å². The maximum absolute atomic E-state index is 12.8. The number of hydrogen-bond acceptors (Lipinski definition) is 6. The molecule has 0 fully saturated rings. The lowest BCUT2D eigenvalue weighted by Crippen LogP contribution is -2.30. The first-order valence-corrected chi connectivity index (χ1v) is 31.8. The van der Waals surface area contributed by atoms with Gasteiger partial charge in [-0.1, -0.05) is 306 Å². The molecule has 1 unspecified atom stereocenters. The van der Waals surface area contributed by atoms with Gasteiger partial charge in [-0.25, -0.2) is 0 Å².